The topological polar surface area (TPSA) is 66.9 Å². The van der Waals surface area contributed by atoms with Crippen molar-refractivity contribution in [2.45, 2.75) is 0 Å². The van der Waals surface area contributed by atoms with Gasteiger partial charge in [-0.05, 0) is 41.5 Å². The van der Waals surface area contributed by atoms with Gasteiger partial charge in [0.2, 0.25) is 0 Å². The average molecular weight is 329 g/mol. The van der Waals surface area contributed by atoms with Crippen LogP contribution >= 0.6 is 15.9 Å². The molecular weight excluding hydrogens is 320 g/mol. The average Bonchev–Trinajstić information content (AvgIpc) is 2.46. The maximum absolute atomic E-state index is 10.6. The van der Waals surface area contributed by atoms with Crippen LogP contribution in [0.3, 0.4) is 0 Å². The number of nitro benzene ring substituents is 1. The number of halogens is 1. The van der Waals surface area contributed by atoms with E-state index in [-0.39, 0.29) is 5.69 Å². The second-order valence-corrected chi connectivity index (χ2v) is 4.94. The molecule has 0 aliphatic rings. The zero-order chi connectivity index (χ0) is 14.5. The van der Waals surface area contributed by atoms with E-state index in [0.717, 1.165) is 15.6 Å². The molecule has 0 saturated heterocycles. The summed E-state index contributed by atoms with van der Waals surface area (Å²) in [6.07, 6.45) is 1.70. The van der Waals surface area contributed by atoms with Gasteiger partial charge in [0.15, 0.2) is 0 Å². The van der Waals surface area contributed by atoms with E-state index in [4.69, 9.17) is 0 Å². The van der Waals surface area contributed by atoms with E-state index in [2.05, 4.69) is 22.0 Å². The molecular formula is C15H9BrN2O2. The fourth-order valence-corrected chi connectivity index (χ4v) is 1.93. The molecule has 4 nitrogen and oxygen atoms in total. The van der Waals surface area contributed by atoms with Crippen molar-refractivity contribution >= 4 is 33.3 Å². The minimum absolute atomic E-state index is 0.0318. The molecule has 0 spiro atoms. The highest BCUT2D eigenvalue weighted by molar-refractivity contribution is 9.10. The van der Waals surface area contributed by atoms with Crippen molar-refractivity contribution < 1.29 is 4.92 Å². The molecule has 0 aliphatic carbocycles. The first kappa shape index (κ1) is 14.0. The minimum atomic E-state index is -0.451. The van der Waals surface area contributed by atoms with Gasteiger partial charge in [0.1, 0.15) is 0 Å². The molecule has 0 aromatic heterocycles. The first-order chi connectivity index (χ1) is 9.60. The Morgan fingerprint density at radius 3 is 2.25 bits per heavy atom. The SMILES string of the molecule is N#C/C(=C/c1ccc([N+](=O)[O-])cc1)c1ccc(Br)cc1. The molecule has 0 unspecified atom stereocenters. The Balaban J connectivity index is 2.34. The third kappa shape index (κ3) is 3.31. The van der Waals surface area contributed by atoms with Crippen molar-refractivity contribution in [2.75, 3.05) is 0 Å². The molecule has 98 valence electrons. The van der Waals surface area contributed by atoms with Gasteiger partial charge in [0.05, 0.1) is 16.6 Å². The molecule has 0 atom stereocenters. The zero-order valence-electron chi connectivity index (χ0n) is 10.3. The standard InChI is InChI=1S/C15H9BrN2O2/c16-14-5-3-12(4-6-14)13(10-17)9-11-1-7-15(8-2-11)18(19)20/h1-9H/b13-9-. The summed E-state index contributed by atoms with van der Waals surface area (Å²) in [4.78, 5) is 10.1. The van der Waals surface area contributed by atoms with Crippen LogP contribution in [0.5, 0.6) is 0 Å². The quantitative estimate of drug-likeness (QED) is 0.362. The third-order valence-corrected chi connectivity index (χ3v) is 3.22. The number of nitrogens with zero attached hydrogens (tertiary/aromatic N) is 2. The van der Waals surface area contributed by atoms with Crippen LogP contribution in [-0.2, 0) is 0 Å². The Morgan fingerprint density at radius 2 is 1.75 bits per heavy atom. The first-order valence-corrected chi connectivity index (χ1v) is 6.51. The van der Waals surface area contributed by atoms with Gasteiger partial charge in [-0.1, -0.05) is 28.1 Å². The van der Waals surface area contributed by atoms with Crippen molar-refractivity contribution in [3.8, 4) is 6.07 Å². The number of nitro groups is 1. The lowest BCUT2D eigenvalue weighted by atomic mass is 10.0. The second kappa shape index (κ2) is 6.13. The number of non-ortho nitro benzene ring substituents is 1. The van der Waals surface area contributed by atoms with E-state index < -0.39 is 4.92 Å². The van der Waals surface area contributed by atoms with Crippen LogP contribution in [0.1, 0.15) is 11.1 Å². The first-order valence-electron chi connectivity index (χ1n) is 5.72. The number of benzene rings is 2. The molecule has 0 fully saturated rings. The fraction of sp³-hybridized carbons (Fsp3) is 0. The molecule has 2 aromatic rings. The van der Waals surface area contributed by atoms with Crippen molar-refractivity contribution in [3.63, 3.8) is 0 Å². The van der Waals surface area contributed by atoms with E-state index in [1.807, 2.05) is 24.3 Å². The van der Waals surface area contributed by atoms with Gasteiger partial charge < -0.3 is 0 Å². The normalized spacial score (nSPS) is 10.9. The van der Waals surface area contributed by atoms with Crippen LogP contribution < -0.4 is 0 Å². The predicted molar refractivity (Wildman–Crippen MR) is 80.7 cm³/mol. The van der Waals surface area contributed by atoms with Gasteiger partial charge in [0, 0.05) is 16.6 Å². The van der Waals surface area contributed by atoms with Crippen molar-refractivity contribution in [1.82, 2.24) is 0 Å². The van der Waals surface area contributed by atoms with E-state index in [1.54, 1.807) is 18.2 Å². The number of hydrogen-bond acceptors (Lipinski definition) is 3. The van der Waals surface area contributed by atoms with Crippen LogP contribution in [0.15, 0.2) is 53.0 Å². The number of rotatable bonds is 3. The Labute approximate surface area is 124 Å². The summed E-state index contributed by atoms with van der Waals surface area (Å²) in [6, 6.07) is 15.6. The maximum Gasteiger partial charge on any atom is 0.269 e. The van der Waals surface area contributed by atoms with Gasteiger partial charge >= 0.3 is 0 Å². The molecule has 0 aliphatic heterocycles. The molecule has 2 aromatic carbocycles. The largest absolute Gasteiger partial charge is 0.269 e. The summed E-state index contributed by atoms with van der Waals surface area (Å²) in [7, 11) is 0. The summed E-state index contributed by atoms with van der Waals surface area (Å²) >= 11 is 3.34. The number of hydrogen-bond donors (Lipinski definition) is 0. The summed E-state index contributed by atoms with van der Waals surface area (Å²) in [5.41, 5.74) is 2.08. The van der Waals surface area contributed by atoms with Crippen LogP contribution in [-0.4, -0.2) is 4.92 Å². The Bertz CT molecular complexity index is 698. The Kier molecular flexibility index (Phi) is 4.28. The van der Waals surface area contributed by atoms with Gasteiger partial charge in [0.25, 0.3) is 5.69 Å². The minimum Gasteiger partial charge on any atom is -0.258 e. The van der Waals surface area contributed by atoms with Gasteiger partial charge in [-0.25, -0.2) is 0 Å². The highest BCUT2D eigenvalue weighted by Gasteiger charge is 2.05. The molecule has 20 heavy (non-hydrogen) atoms. The van der Waals surface area contributed by atoms with Crippen LogP contribution in [0.2, 0.25) is 0 Å². The van der Waals surface area contributed by atoms with Gasteiger partial charge in [-0.2, -0.15) is 5.26 Å². The summed E-state index contributed by atoms with van der Waals surface area (Å²) in [5.74, 6) is 0. The van der Waals surface area contributed by atoms with Crippen LogP contribution in [0.4, 0.5) is 5.69 Å². The van der Waals surface area contributed by atoms with Crippen molar-refractivity contribution in [3.05, 3.63) is 74.2 Å². The lowest BCUT2D eigenvalue weighted by Crippen LogP contribution is -1.87. The maximum atomic E-state index is 10.6. The summed E-state index contributed by atoms with van der Waals surface area (Å²) in [6.45, 7) is 0. The van der Waals surface area contributed by atoms with Crippen LogP contribution in [0, 0.1) is 21.4 Å². The molecule has 5 heteroatoms. The van der Waals surface area contributed by atoms with Crippen molar-refractivity contribution in [1.29, 1.82) is 5.26 Å². The van der Waals surface area contributed by atoms with Gasteiger partial charge in [-0.15, -0.1) is 0 Å². The number of nitriles is 1. The molecule has 0 amide bonds. The monoisotopic (exact) mass is 328 g/mol. The molecule has 0 radical (unpaired) electrons. The van der Waals surface area contributed by atoms with E-state index in [9.17, 15) is 15.4 Å². The van der Waals surface area contributed by atoms with E-state index >= 15 is 0 Å². The Hall–Kier alpha value is -2.45. The van der Waals surface area contributed by atoms with E-state index in [1.165, 1.54) is 12.1 Å². The smallest absolute Gasteiger partial charge is 0.258 e. The number of allylic oxidation sites excluding steroid dienone is 1. The molecule has 2 rings (SSSR count). The molecule has 0 heterocycles. The predicted octanol–water partition coefficient (Wildman–Crippen LogP) is 4.42. The van der Waals surface area contributed by atoms with E-state index in [0.29, 0.717) is 5.57 Å². The van der Waals surface area contributed by atoms with Crippen LogP contribution in [0.25, 0.3) is 11.6 Å². The highest BCUT2D eigenvalue weighted by atomic mass is 79.9. The molecule has 0 saturated carbocycles. The van der Waals surface area contributed by atoms with Gasteiger partial charge in [-0.3, -0.25) is 10.1 Å². The molecule has 0 bridgehead atoms. The Morgan fingerprint density at radius 1 is 1.15 bits per heavy atom. The molecule has 0 N–H and O–H groups in total. The third-order valence-electron chi connectivity index (χ3n) is 2.69. The summed E-state index contributed by atoms with van der Waals surface area (Å²) < 4.78 is 0.939. The highest BCUT2D eigenvalue weighted by Crippen LogP contribution is 2.21. The zero-order valence-corrected chi connectivity index (χ0v) is 11.9. The van der Waals surface area contributed by atoms with Crippen molar-refractivity contribution in [2.24, 2.45) is 0 Å². The lowest BCUT2D eigenvalue weighted by Gasteiger charge is -2.00. The lowest BCUT2D eigenvalue weighted by molar-refractivity contribution is -0.384. The summed E-state index contributed by atoms with van der Waals surface area (Å²) in [5, 5.41) is 19.8. The fourth-order valence-electron chi connectivity index (χ4n) is 1.67. The second-order valence-electron chi connectivity index (χ2n) is 4.03.